The summed E-state index contributed by atoms with van der Waals surface area (Å²) in [6.07, 6.45) is -0.929. The zero-order valence-corrected chi connectivity index (χ0v) is 13.5. The van der Waals surface area contributed by atoms with Gasteiger partial charge < -0.3 is 15.4 Å². The first-order chi connectivity index (χ1) is 11.4. The topological polar surface area (TPSA) is 55.6 Å². The summed E-state index contributed by atoms with van der Waals surface area (Å²) in [5, 5.41) is 0. The van der Waals surface area contributed by atoms with Gasteiger partial charge in [0.05, 0.1) is 18.1 Å². The van der Waals surface area contributed by atoms with Gasteiger partial charge in [-0.1, -0.05) is 6.07 Å². The maximum absolute atomic E-state index is 12.6. The molecule has 24 heavy (non-hydrogen) atoms. The number of halogens is 3. The molecular weight excluding hydrogens is 321 g/mol. The van der Waals surface area contributed by atoms with Crippen molar-refractivity contribution in [1.82, 2.24) is 4.90 Å². The van der Waals surface area contributed by atoms with Gasteiger partial charge in [-0.25, -0.2) is 0 Å². The number of likely N-dealkylation sites (tertiary alicyclic amines) is 1. The Balaban J connectivity index is 1.67. The summed E-state index contributed by atoms with van der Waals surface area (Å²) >= 11 is 0. The van der Waals surface area contributed by atoms with Crippen molar-refractivity contribution < 1.29 is 22.7 Å². The fraction of sp³-hybridized carbons (Fsp3) is 0.588. The molecule has 0 saturated carbocycles. The number of primary amides is 1. The Morgan fingerprint density at radius 2 is 2.12 bits per heavy atom. The van der Waals surface area contributed by atoms with Crippen molar-refractivity contribution >= 4 is 5.91 Å². The van der Waals surface area contributed by atoms with Crippen LogP contribution < -0.4 is 10.5 Å². The number of rotatable bonds is 7. The molecule has 2 N–H and O–H groups in total. The second-order valence-corrected chi connectivity index (χ2v) is 6.12. The van der Waals surface area contributed by atoms with Crippen molar-refractivity contribution in [3.8, 4) is 5.75 Å². The highest BCUT2D eigenvalue weighted by Gasteiger charge is 2.30. The van der Waals surface area contributed by atoms with Crippen molar-refractivity contribution in [2.75, 3.05) is 26.2 Å². The summed E-state index contributed by atoms with van der Waals surface area (Å²) in [6.45, 7) is 2.87. The molecule has 1 saturated heterocycles. The van der Waals surface area contributed by atoms with E-state index in [9.17, 15) is 18.0 Å². The third kappa shape index (κ3) is 5.70. The predicted molar refractivity (Wildman–Crippen MR) is 84.5 cm³/mol. The molecule has 0 aromatic heterocycles. The highest BCUT2D eigenvalue weighted by atomic mass is 19.4. The van der Waals surface area contributed by atoms with Crippen LogP contribution in [0.4, 0.5) is 13.2 Å². The van der Waals surface area contributed by atoms with Crippen LogP contribution in [0.1, 0.15) is 31.2 Å². The van der Waals surface area contributed by atoms with Crippen LogP contribution >= 0.6 is 0 Å². The fourth-order valence-corrected chi connectivity index (χ4v) is 2.88. The average molecular weight is 344 g/mol. The van der Waals surface area contributed by atoms with E-state index in [0.29, 0.717) is 13.2 Å². The fourth-order valence-electron chi connectivity index (χ4n) is 2.88. The number of hydrogen-bond acceptors (Lipinski definition) is 3. The Hall–Kier alpha value is -1.76. The van der Waals surface area contributed by atoms with Crippen LogP contribution in [0.3, 0.4) is 0 Å². The Labute approximate surface area is 139 Å². The Kier molecular flexibility index (Phi) is 6.48. The molecule has 0 aliphatic carbocycles. The lowest BCUT2D eigenvalue weighted by Gasteiger charge is -2.31. The van der Waals surface area contributed by atoms with E-state index in [4.69, 9.17) is 10.5 Å². The summed E-state index contributed by atoms with van der Waals surface area (Å²) < 4.78 is 43.2. The smallest absolute Gasteiger partial charge is 0.416 e. The molecule has 1 atom stereocenters. The number of hydrogen-bond donors (Lipinski definition) is 1. The molecule has 0 bridgehead atoms. The number of carbonyl (C=O) groups is 1. The third-order valence-electron chi connectivity index (χ3n) is 4.21. The lowest BCUT2D eigenvalue weighted by atomic mass is 9.97. The molecule has 1 aromatic rings. The van der Waals surface area contributed by atoms with E-state index in [0.717, 1.165) is 50.9 Å². The van der Waals surface area contributed by atoms with Crippen molar-refractivity contribution in [2.45, 2.75) is 31.9 Å². The molecule has 0 radical (unpaired) electrons. The average Bonchev–Trinajstić information content (AvgIpc) is 2.54. The molecule has 1 aliphatic rings. The van der Waals surface area contributed by atoms with Gasteiger partial charge in [-0.15, -0.1) is 0 Å². The Morgan fingerprint density at radius 3 is 2.83 bits per heavy atom. The van der Waals surface area contributed by atoms with Gasteiger partial charge in [-0.3, -0.25) is 4.79 Å². The standard InChI is InChI=1S/C17H23F3N2O2/c18-17(19,20)14-6-3-7-15(11-14)24-10-2-1-8-22-9-4-5-13(12-22)16(21)23/h3,6-7,11,13H,1-2,4-5,8-10,12H2,(H2,21,23). The predicted octanol–water partition coefficient (Wildman–Crippen LogP) is 3.06. The van der Waals surface area contributed by atoms with Crippen molar-refractivity contribution in [3.05, 3.63) is 29.8 Å². The van der Waals surface area contributed by atoms with Gasteiger partial charge in [0.2, 0.25) is 5.91 Å². The minimum Gasteiger partial charge on any atom is -0.494 e. The lowest BCUT2D eigenvalue weighted by molar-refractivity contribution is -0.137. The van der Waals surface area contributed by atoms with Gasteiger partial charge in [0.25, 0.3) is 0 Å². The highest BCUT2D eigenvalue weighted by molar-refractivity contribution is 5.76. The molecular formula is C17H23F3N2O2. The quantitative estimate of drug-likeness (QED) is 0.774. The van der Waals surface area contributed by atoms with E-state index in [-0.39, 0.29) is 17.6 Å². The number of nitrogens with two attached hydrogens (primary N) is 1. The molecule has 2 rings (SSSR count). The molecule has 1 aromatic carbocycles. The number of ether oxygens (including phenoxy) is 1. The summed E-state index contributed by atoms with van der Waals surface area (Å²) in [5.41, 5.74) is 4.64. The number of nitrogens with zero attached hydrogens (tertiary/aromatic N) is 1. The zero-order valence-electron chi connectivity index (χ0n) is 13.5. The normalized spacial score (nSPS) is 19.2. The SMILES string of the molecule is NC(=O)C1CCCN(CCCCOc2cccc(C(F)(F)F)c2)C1. The molecule has 4 nitrogen and oxygen atoms in total. The van der Waals surface area contributed by atoms with Crippen molar-refractivity contribution in [3.63, 3.8) is 0 Å². The first-order valence-corrected chi connectivity index (χ1v) is 8.18. The molecule has 1 unspecified atom stereocenters. The van der Waals surface area contributed by atoms with E-state index in [1.54, 1.807) is 0 Å². The van der Waals surface area contributed by atoms with E-state index >= 15 is 0 Å². The third-order valence-corrected chi connectivity index (χ3v) is 4.21. The summed E-state index contributed by atoms with van der Waals surface area (Å²) in [6, 6.07) is 4.91. The van der Waals surface area contributed by atoms with Gasteiger partial charge >= 0.3 is 6.18 Å². The number of carbonyl (C=O) groups excluding carboxylic acids is 1. The van der Waals surface area contributed by atoms with E-state index < -0.39 is 11.7 Å². The summed E-state index contributed by atoms with van der Waals surface area (Å²) in [7, 11) is 0. The van der Waals surface area contributed by atoms with Crippen LogP contribution in [-0.4, -0.2) is 37.0 Å². The van der Waals surface area contributed by atoms with E-state index in [1.807, 2.05) is 0 Å². The number of benzene rings is 1. The first kappa shape index (κ1) is 18.6. The highest BCUT2D eigenvalue weighted by Crippen LogP contribution is 2.31. The minimum absolute atomic E-state index is 0.0693. The second-order valence-electron chi connectivity index (χ2n) is 6.12. The van der Waals surface area contributed by atoms with Crippen molar-refractivity contribution in [1.29, 1.82) is 0 Å². The number of amides is 1. The monoisotopic (exact) mass is 344 g/mol. The van der Waals surface area contributed by atoms with Crippen LogP contribution in [0, 0.1) is 5.92 Å². The second kappa shape index (κ2) is 8.37. The van der Waals surface area contributed by atoms with Crippen molar-refractivity contribution in [2.24, 2.45) is 11.7 Å². The van der Waals surface area contributed by atoms with Crippen LogP contribution in [0.5, 0.6) is 5.75 Å². The number of piperidine rings is 1. The van der Waals surface area contributed by atoms with E-state index in [2.05, 4.69) is 4.90 Å². The Bertz CT molecular complexity index is 549. The molecule has 1 fully saturated rings. The largest absolute Gasteiger partial charge is 0.494 e. The first-order valence-electron chi connectivity index (χ1n) is 8.18. The van der Waals surface area contributed by atoms with Crippen LogP contribution in [0.15, 0.2) is 24.3 Å². The van der Waals surface area contributed by atoms with Gasteiger partial charge in [-0.2, -0.15) is 13.2 Å². The van der Waals surface area contributed by atoms with Gasteiger partial charge in [0.1, 0.15) is 5.75 Å². The molecule has 134 valence electrons. The van der Waals surface area contributed by atoms with Gasteiger partial charge in [0.15, 0.2) is 0 Å². The zero-order chi connectivity index (χ0) is 17.6. The van der Waals surface area contributed by atoms with Gasteiger partial charge in [-0.05, 0) is 57.0 Å². The molecule has 1 amide bonds. The molecule has 7 heteroatoms. The molecule has 0 spiro atoms. The van der Waals surface area contributed by atoms with Gasteiger partial charge in [0, 0.05) is 6.54 Å². The number of unbranched alkanes of at least 4 members (excludes halogenated alkanes) is 1. The van der Waals surface area contributed by atoms with Crippen LogP contribution in [0.25, 0.3) is 0 Å². The summed E-state index contributed by atoms with van der Waals surface area (Å²) in [4.78, 5) is 13.4. The maximum Gasteiger partial charge on any atom is 0.416 e. The molecule has 1 heterocycles. The summed E-state index contributed by atoms with van der Waals surface area (Å²) in [5.74, 6) is -0.0794. The minimum atomic E-state index is -4.36. The van der Waals surface area contributed by atoms with E-state index in [1.165, 1.54) is 12.1 Å². The maximum atomic E-state index is 12.6. The van der Waals surface area contributed by atoms with Crippen LogP contribution in [-0.2, 0) is 11.0 Å². The molecule has 1 aliphatic heterocycles. The van der Waals surface area contributed by atoms with Crippen LogP contribution in [0.2, 0.25) is 0 Å². The Morgan fingerprint density at radius 1 is 1.33 bits per heavy atom. The lowest BCUT2D eigenvalue weighted by Crippen LogP contribution is -2.41. The number of alkyl halides is 3.